The number of aromatic nitrogens is 1. The van der Waals surface area contributed by atoms with E-state index >= 15 is 0 Å². The number of piperazine rings is 1. The summed E-state index contributed by atoms with van der Waals surface area (Å²) in [6.45, 7) is 5.75. The standard InChI is InChI=1S/C16H19FN4OS/c1-11-14(23-16(18)19-11)10-20-6-8-21(9-7-20)15(22)12-2-4-13(17)5-3-12/h2-5H,6-10H2,1H3,(H2,18,19). The summed E-state index contributed by atoms with van der Waals surface area (Å²) >= 11 is 1.52. The molecule has 0 radical (unpaired) electrons. The topological polar surface area (TPSA) is 62.5 Å². The third-order valence-electron chi connectivity index (χ3n) is 4.03. The molecule has 1 aliphatic rings. The van der Waals surface area contributed by atoms with Crippen LogP contribution >= 0.6 is 11.3 Å². The minimum absolute atomic E-state index is 0.0390. The van der Waals surface area contributed by atoms with E-state index in [1.54, 1.807) is 0 Å². The number of nitrogen functional groups attached to an aromatic ring is 1. The molecule has 1 aromatic carbocycles. The zero-order chi connectivity index (χ0) is 16.4. The molecule has 122 valence electrons. The van der Waals surface area contributed by atoms with E-state index in [-0.39, 0.29) is 11.7 Å². The van der Waals surface area contributed by atoms with Crippen LogP contribution in [0, 0.1) is 12.7 Å². The molecule has 1 amide bonds. The van der Waals surface area contributed by atoms with E-state index < -0.39 is 0 Å². The Labute approximate surface area is 138 Å². The lowest BCUT2D eigenvalue weighted by molar-refractivity contribution is 0.0629. The van der Waals surface area contributed by atoms with Crippen LogP contribution in [-0.4, -0.2) is 46.9 Å². The van der Waals surface area contributed by atoms with Gasteiger partial charge in [-0.3, -0.25) is 9.69 Å². The van der Waals surface area contributed by atoms with E-state index in [1.165, 1.54) is 40.5 Å². The van der Waals surface area contributed by atoms with E-state index in [0.717, 1.165) is 25.3 Å². The van der Waals surface area contributed by atoms with Crippen LogP contribution in [0.1, 0.15) is 20.9 Å². The molecule has 1 fully saturated rings. The summed E-state index contributed by atoms with van der Waals surface area (Å²) in [5, 5.41) is 0.600. The normalized spacial score (nSPS) is 15.8. The van der Waals surface area contributed by atoms with Gasteiger partial charge in [0.15, 0.2) is 5.13 Å². The predicted molar refractivity (Wildman–Crippen MR) is 88.8 cm³/mol. The fraction of sp³-hybridized carbons (Fsp3) is 0.375. The van der Waals surface area contributed by atoms with Crippen LogP contribution in [0.25, 0.3) is 0 Å². The molecule has 0 saturated carbocycles. The van der Waals surface area contributed by atoms with Crippen molar-refractivity contribution in [3.63, 3.8) is 0 Å². The van der Waals surface area contributed by atoms with Crippen LogP contribution in [0.2, 0.25) is 0 Å². The van der Waals surface area contributed by atoms with Crippen molar-refractivity contribution in [1.29, 1.82) is 0 Å². The van der Waals surface area contributed by atoms with Gasteiger partial charge in [-0.25, -0.2) is 9.37 Å². The summed E-state index contributed by atoms with van der Waals surface area (Å²) in [5.41, 5.74) is 7.25. The predicted octanol–water partition coefficient (Wildman–Crippen LogP) is 2.13. The molecule has 5 nitrogen and oxygen atoms in total. The number of carbonyl (C=O) groups excluding carboxylic acids is 1. The maximum atomic E-state index is 12.9. The highest BCUT2D eigenvalue weighted by atomic mass is 32.1. The third-order valence-corrected chi connectivity index (χ3v) is 5.00. The van der Waals surface area contributed by atoms with Gasteiger partial charge in [-0.15, -0.1) is 11.3 Å². The van der Waals surface area contributed by atoms with Gasteiger partial charge < -0.3 is 10.6 Å². The summed E-state index contributed by atoms with van der Waals surface area (Å²) in [6.07, 6.45) is 0. The van der Waals surface area contributed by atoms with Gasteiger partial charge in [-0.2, -0.15) is 0 Å². The van der Waals surface area contributed by atoms with Crippen molar-refractivity contribution >= 4 is 22.4 Å². The van der Waals surface area contributed by atoms with Crippen LogP contribution in [0.3, 0.4) is 0 Å². The molecule has 7 heteroatoms. The number of carbonyl (C=O) groups is 1. The Balaban J connectivity index is 1.56. The summed E-state index contributed by atoms with van der Waals surface area (Å²) in [4.78, 5) is 21.9. The zero-order valence-electron chi connectivity index (χ0n) is 13.0. The Morgan fingerprint density at radius 1 is 1.26 bits per heavy atom. The number of aryl methyl sites for hydroxylation is 1. The molecule has 23 heavy (non-hydrogen) atoms. The Bertz CT molecular complexity index is 693. The zero-order valence-corrected chi connectivity index (χ0v) is 13.8. The number of benzene rings is 1. The summed E-state index contributed by atoms with van der Waals surface area (Å²) < 4.78 is 12.9. The average molecular weight is 334 g/mol. The maximum Gasteiger partial charge on any atom is 0.253 e. The molecule has 0 bridgehead atoms. The first kappa shape index (κ1) is 15.9. The van der Waals surface area contributed by atoms with Gasteiger partial charge in [0.2, 0.25) is 0 Å². The van der Waals surface area contributed by atoms with Gasteiger partial charge in [-0.05, 0) is 31.2 Å². The van der Waals surface area contributed by atoms with E-state index in [0.29, 0.717) is 23.8 Å². The highest BCUT2D eigenvalue weighted by Crippen LogP contribution is 2.22. The highest BCUT2D eigenvalue weighted by Gasteiger charge is 2.23. The highest BCUT2D eigenvalue weighted by molar-refractivity contribution is 7.15. The Kier molecular flexibility index (Phi) is 4.58. The number of hydrogen-bond acceptors (Lipinski definition) is 5. The lowest BCUT2D eigenvalue weighted by Gasteiger charge is -2.34. The smallest absolute Gasteiger partial charge is 0.253 e. The Hall–Kier alpha value is -1.99. The number of amides is 1. The van der Waals surface area contributed by atoms with E-state index in [1.807, 2.05) is 11.8 Å². The molecular formula is C16H19FN4OS. The van der Waals surface area contributed by atoms with Crippen molar-refractivity contribution in [3.05, 3.63) is 46.2 Å². The van der Waals surface area contributed by atoms with Crippen molar-refractivity contribution in [3.8, 4) is 0 Å². The molecule has 1 aromatic heterocycles. The SMILES string of the molecule is Cc1nc(N)sc1CN1CCN(C(=O)c2ccc(F)cc2)CC1. The van der Waals surface area contributed by atoms with E-state index in [4.69, 9.17) is 5.73 Å². The first-order valence-corrected chi connectivity index (χ1v) is 8.33. The fourth-order valence-electron chi connectivity index (χ4n) is 2.68. The molecule has 2 heterocycles. The number of thiazole rings is 1. The molecule has 1 saturated heterocycles. The number of halogens is 1. The summed E-state index contributed by atoms with van der Waals surface area (Å²) in [6, 6.07) is 5.71. The molecule has 3 rings (SSSR count). The van der Waals surface area contributed by atoms with Gasteiger partial charge in [-0.1, -0.05) is 0 Å². The second-order valence-corrected chi connectivity index (χ2v) is 6.75. The first-order valence-electron chi connectivity index (χ1n) is 7.52. The molecule has 0 spiro atoms. The van der Waals surface area contributed by atoms with Crippen LogP contribution in [0.4, 0.5) is 9.52 Å². The Morgan fingerprint density at radius 3 is 2.48 bits per heavy atom. The van der Waals surface area contributed by atoms with E-state index in [2.05, 4.69) is 9.88 Å². The molecule has 1 aliphatic heterocycles. The van der Waals surface area contributed by atoms with Gasteiger partial charge in [0.1, 0.15) is 5.82 Å². The van der Waals surface area contributed by atoms with Gasteiger partial charge >= 0.3 is 0 Å². The van der Waals surface area contributed by atoms with Crippen molar-refractivity contribution in [1.82, 2.24) is 14.8 Å². The number of hydrogen-bond donors (Lipinski definition) is 1. The first-order chi connectivity index (χ1) is 11.0. The van der Waals surface area contributed by atoms with Crippen molar-refractivity contribution < 1.29 is 9.18 Å². The van der Waals surface area contributed by atoms with Gasteiger partial charge in [0, 0.05) is 43.2 Å². The molecule has 0 unspecified atom stereocenters. The second kappa shape index (κ2) is 6.64. The summed E-state index contributed by atoms with van der Waals surface area (Å²) in [5.74, 6) is -0.367. The molecular weight excluding hydrogens is 315 g/mol. The number of anilines is 1. The van der Waals surface area contributed by atoms with Gasteiger partial charge in [0.05, 0.1) is 5.69 Å². The largest absolute Gasteiger partial charge is 0.375 e. The molecule has 2 aromatic rings. The molecule has 0 atom stereocenters. The van der Waals surface area contributed by atoms with Crippen molar-refractivity contribution in [2.24, 2.45) is 0 Å². The van der Waals surface area contributed by atoms with Crippen LogP contribution in [0.15, 0.2) is 24.3 Å². The Morgan fingerprint density at radius 2 is 1.91 bits per heavy atom. The van der Waals surface area contributed by atoms with Crippen molar-refractivity contribution in [2.75, 3.05) is 31.9 Å². The lowest BCUT2D eigenvalue weighted by atomic mass is 10.1. The minimum Gasteiger partial charge on any atom is -0.375 e. The number of nitrogens with two attached hydrogens (primary N) is 1. The molecule has 2 N–H and O–H groups in total. The quantitative estimate of drug-likeness (QED) is 0.934. The average Bonchev–Trinajstić information content (AvgIpc) is 2.86. The number of nitrogens with zero attached hydrogens (tertiary/aromatic N) is 3. The minimum atomic E-state index is -0.328. The van der Waals surface area contributed by atoms with Crippen LogP contribution in [-0.2, 0) is 6.54 Å². The fourth-order valence-corrected chi connectivity index (χ4v) is 3.56. The monoisotopic (exact) mass is 334 g/mol. The number of rotatable bonds is 3. The third kappa shape index (κ3) is 3.68. The van der Waals surface area contributed by atoms with Crippen molar-refractivity contribution in [2.45, 2.75) is 13.5 Å². The lowest BCUT2D eigenvalue weighted by Crippen LogP contribution is -2.48. The van der Waals surface area contributed by atoms with Gasteiger partial charge in [0.25, 0.3) is 5.91 Å². The maximum absolute atomic E-state index is 12.9. The van der Waals surface area contributed by atoms with E-state index in [9.17, 15) is 9.18 Å². The second-order valence-electron chi connectivity index (χ2n) is 5.64. The molecule has 0 aliphatic carbocycles. The van der Waals surface area contributed by atoms with Crippen LogP contribution < -0.4 is 5.73 Å². The van der Waals surface area contributed by atoms with Crippen LogP contribution in [0.5, 0.6) is 0 Å². The summed E-state index contributed by atoms with van der Waals surface area (Å²) in [7, 11) is 0.